The lowest BCUT2D eigenvalue weighted by atomic mass is 10.0. The summed E-state index contributed by atoms with van der Waals surface area (Å²) in [7, 11) is 0. The van der Waals surface area contributed by atoms with Gasteiger partial charge in [-0.2, -0.15) is 0 Å². The molecule has 326 valence electrons. The summed E-state index contributed by atoms with van der Waals surface area (Å²) in [5, 5.41) is 0. The Bertz CT molecular complexity index is 2540. The van der Waals surface area contributed by atoms with E-state index in [2.05, 4.69) is 232 Å². The van der Waals surface area contributed by atoms with Gasteiger partial charge in [0.1, 0.15) is 5.75 Å². The summed E-state index contributed by atoms with van der Waals surface area (Å²) in [5.74, 6) is 0.927. The van der Waals surface area contributed by atoms with Crippen molar-refractivity contribution < 1.29 is 4.74 Å². The maximum Gasteiger partial charge on any atom is 0.127 e. The van der Waals surface area contributed by atoms with E-state index in [1.807, 2.05) is 0 Å². The molecule has 0 radical (unpaired) electrons. The number of hydrogen-bond acceptors (Lipinski definition) is 3. The molecule has 3 heteroatoms. The standard InChI is InChI=1S/C61H66N2O/c1-5-6-7-8-9-10-11-12-13-20-43-64-61-47-53(37-31-51-33-39-57(40-34-51)62(55-25-16-14-17-26-55)59-29-21-23-48(2)44-59)50(4)46-54(61)38-32-52-35-41-58(42-36-52)63(56-27-18-15-19-28-56)60-30-22-24-49(3)45-60/h14-19,21-42,44-47H,5-13,20,43H2,1-4H3/b37-31+,38-32+. The molecule has 0 saturated heterocycles. The normalized spacial score (nSPS) is 11.4. The van der Waals surface area contributed by atoms with Crippen molar-refractivity contribution in [3.8, 4) is 5.75 Å². The van der Waals surface area contributed by atoms with Crippen LogP contribution in [0.4, 0.5) is 34.1 Å². The van der Waals surface area contributed by atoms with E-state index in [-0.39, 0.29) is 0 Å². The number of anilines is 6. The first-order chi connectivity index (χ1) is 31.4. The Kier molecular flexibility index (Phi) is 16.9. The van der Waals surface area contributed by atoms with Crippen LogP contribution in [0.1, 0.15) is 110 Å². The van der Waals surface area contributed by atoms with Gasteiger partial charge in [-0.3, -0.25) is 0 Å². The van der Waals surface area contributed by atoms with E-state index >= 15 is 0 Å². The maximum atomic E-state index is 6.64. The second-order valence-corrected chi connectivity index (χ2v) is 17.1. The van der Waals surface area contributed by atoms with Crippen molar-refractivity contribution in [1.82, 2.24) is 0 Å². The van der Waals surface area contributed by atoms with E-state index in [1.54, 1.807) is 0 Å². The van der Waals surface area contributed by atoms with Crippen LogP contribution in [-0.2, 0) is 0 Å². The molecule has 7 aromatic carbocycles. The summed E-state index contributed by atoms with van der Waals surface area (Å²) < 4.78 is 6.64. The minimum Gasteiger partial charge on any atom is -0.493 e. The zero-order valence-electron chi connectivity index (χ0n) is 38.6. The Hall–Kier alpha value is -6.58. The predicted molar refractivity (Wildman–Crippen MR) is 278 cm³/mol. The summed E-state index contributed by atoms with van der Waals surface area (Å²) in [4.78, 5) is 4.63. The van der Waals surface area contributed by atoms with Crippen LogP contribution in [0.25, 0.3) is 24.3 Å². The number of ether oxygens (including phenoxy) is 1. The Labute approximate surface area is 384 Å². The summed E-state index contributed by atoms with van der Waals surface area (Å²) in [6.07, 6.45) is 21.9. The summed E-state index contributed by atoms with van der Waals surface area (Å²) in [5.41, 5.74) is 15.0. The Balaban J connectivity index is 1.08. The van der Waals surface area contributed by atoms with Crippen LogP contribution in [0.3, 0.4) is 0 Å². The molecule has 0 unspecified atom stereocenters. The number of benzene rings is 7. The van der Waals surface area contributed by atoms with Crippen molar-refractivity contribution in [3.05, 3.63) is 209 Å². The smallest absolute Gasteiger partial charge is 0.127 e. The summed E-state index contributed by atoms with van der Waals surface area (Å²) in [6.45, 7) is 9.49. The molecule has 0 saturated carbocycles. The van der Waals surface area contributed by atoms with Crippen molar-refractivity contribution in [3.63, 3.8) is 0 Å². The molecule has 0 heterocycles. The van der Waals surface area contributed by atoms with E-state index < -0.39 is 0 Å². The largest absolute Gasteiger partial charge is 0.493 e. The van der Waals surface area contributed by atoms with Gasteiger partial charge >= 0.3 is 0 Å². The molecular weight excluding hydrogens is 777 g/mol. The van der Waals surface area contributed by atoms with E-state index in [4.69, 9.17) is 4.74 Å². The van der Waals surface area contributed by atoms with Crippen LogP contribution < -0.4 is 14.5 Å². The SMILES string of the molecule is CCCCCCCCCCCCOc1cc(/C=C/c2ccc(N(c3ccccc3)c3cccc(C)c3)cc2)c(C)cc1/C=C/c1ccc(N(c2ccccc2)c2cccc(C)c2)cc1. The highest BCUT2D eigenvalue weighted by molar-refractivity contribution is 5.81. The molecule has 0 aliphatic carbocycles. The Morgan fingerprint density at radius 2 is 0.797 bits per heavy atom. The molecule has 0 N–H and O–H groups in total. The van der Waals surface area contributed by atoms with Crippen LogP contribution in [-0.4, -0.2) is 6.61 Å². The number of rotatable bonds is 22. The number of aryl methyl sites for hydroxylation is 3. The van der Waals surface area contributed by atoms with Crippen molar-refractivity contribution in [2.45, 2.75) is 91.9 Å². The van der Waals surface area contributed by atoms with E-state index in [9.17, 15) is 0 Å². The highest BCUT2D eigenvalue weighted by atomic mass is 16.5. The molecule has 7 aromatic rings. The topological polar surface area (TPSA) is 15.7 Å². The van der Waals surface area contributed by atoms with Crippen molar-refractivity contribution >= 4 is 58.4 Å². The lowest BCUT2D eigenvalue weighted by molar-refractivity contribution is 0.303. The molecule has 7 rings (SSSR count). The highest BCUT2D eigenvalue weighted by Crippen LogP contribution is 2.37. The molecule has 0 amide bonds. The first kappa shape index (κ1) is 45.4. The zero-order valence-corrected chi connectivity index (χ0v) is 38.6. The van der Waals surface area contributed by atoms with Gasteiger partial charge in [-0.25, -0.2) is 0 Å². The zero-order chi connectivity index (χ0) is 44.4. The Morgan fingerprint density at radius 3 is 1.27 bits per heavy atom. The number of hydrogen-bond donors (Lipinski definition) is 0. The van der Waals surface area contributed by atoms with Gasteiger partial charge in [0, 0.05) is 39.7 Å². The summed E-state index contributed by atoms with van der Waals surface area (Å²) >= 11 is 0. The number of nitrogens with zero attached hydrogens (tertiary/aromatic N) is 2. The van der Waals surface area contributed by atoms with Crippen LogP contribution in [0.15, 0.2) is 170 Å². The fraction of sp³-hybridized carbons (Fsp3) is 0.246. The minimum absolute atomic E-state index is 0.715. The van der Waals surface area contributed by atoms with E-state index in [0.29, 0.717) is 6.61 Å². The van der Waals surface area contributed by atoms with Gasteiger partial charge in [-0.05, 0) is 146 Å². The maximum absolute atomic E-state index is 6.64. The van der Waals surface area contributed by atoms with Gasteiger partial charge < -0.3 is 14.5 Å². The molecule has 0 bridgehead atoms. The number of unbranched alkanes of at least 4 members (excludes halogenated alkanes) is 9. The molecule has 0 fully saturated rings. The van der Waals surface area contributed by atoms with E-state index in [0.717, 1.165) is 68.5 Å². The average Bonchev–Trinajstić information content (AvgIpc) is 3.32. The lowest BCUT2D eigenvalue weighted by Gasteiger charge is -2.25. The second kappa shape index (κ2) is 23.7. The van der Waals surface area contributed by atoms with Gasteiger partial charge in [0.2, 0.25) is 0 Å². The summed E-state index contributed by atoms with van der Waals surface area (Å²) in [6, 6.07) is 60.7. The van der Waals surface area contributed by atoms with Crippen molar-refractivity contribution in [2.75, 3.05) is 16.4 Å². The molecule has 64 heavy (non-hydrogen) atoms. The second-order valence-electron chi connectivity index (χ2n) is 17.1. The molecule has 3 nitrogen and oxygen atoms in total. The van der Waals surface area contributed by atoms with Gasteiger partial charge in [-0.1, -0.05) is 174 Å². The fourth-order valence-electron chi connectivity index (χ4n) is 8.36. The van der Waals surface area contributed by atoms with Crippen molar-refractivity contribution in [1.29, 1.82) is 0 Å². The first-order valence-corrected chi connectivity index (χ1v) is 23.6. The van der Waals surface area contributed by atoms with Crippen LogP contribution in [0.2, 0.25) is 0 Å². The van der Waals surface area contributed by atoms with Crippen molar-refractivity contribution in [2.24, 2.45) is 0 Å². The molecule has 0 aromatic heterocycles. The van der Waals surface area contributed by atoms with Gasteiger partial charge in [0.15, 0.2) is 0 Å². The third kappa shape index (κ3) is 13.0. The molecular formula is C61H66N2O. The van der Waals surface area contributed by atoms with Crippen LogP contribution in [0.5, 0.6) is 5.75 Å². The molecule has 0 spiro atoms. The third-order valence-electron chi connectivity index (χ3n) is 11.9. The first-order valence-electron chi connectivity index (χ1n) is 23.6. The predicted octanol–water partition coefficient (Wildman–Crippen LogP) is 18.2. The third-order valence-corrected chi connectivity index (χ3v) is 11.9. The Morgan fingerprint density at radius 1 is 0.375 bits per heavy atom. The molecule has 0 aliphatic heterocycles. The quantitative estimate of drug-likeness (QED) is 0.0499. The monoisotopic (exact) mass is 843 g/mol. The lowest BCUT2D eigenvalue weighted by Crippen LogP contribution is -2.09. The van der Waals surface area contributed by atoms with Crippen LogP contribution in [0, 0.1) is 20.8 Å². The highest BCUT2D eigenvalue weighted by Gasteiger charge is 2.14. The van der Waals surface area contributed by atoms with Gasteiger partial charge in [-0.15, -0.1) is 0 Å². The number of para-hydroxylation sites is 2. The van der Waals surface area contributed by atoms with Crippen LogP contribution >= 0.6 is 0 Å². The minimum atomic E-state index is 0.715. The van der Waals surface area contributed by atoms with Gasteiger partial charge in [0.05, 0.1) is 6.61 Å². The molecule has 0 aliphatic rings. The molecule has 0 atom stereocenters. The fourth-order valence-corrected chi connectivity index (χ4v) is 8.36. The average molecular weight is 843 g/mol. The van der Waals surface area contributed by atoms with Gasteiger partial charge in [0.25, 0.3) is 0 Å². The van der Waals surface area contributed by atoms with E-state index in [1.165, 1.54) is 74.5 Å².